The summed E-state index contributed by atoms with van der Waals surface area (Å²) < 4.78 is 61.0. The summed E-state index contributed by atoms with van der Waals surface area (Å²) in [7, 11) is -8.51. The van der Waals surface area contributed by atoms with Crippen molar-refractivity contribution in [2.75, 3.05) is 0 Å². The second-order valence-electron chi connectivity index (χ2n) is 5.38. The molecule has 0 heterocycles. The normalized spacial score (nSPS) is 10.2. The molecule has 0 aliphatic rings. The van der Waals surface area contributed by atoms with E-state index in [9.17, 15) is 45.7 Å². The van der Waals surface area contributed by atoms with Gasteiger partial charge in [0.05, 0.1) is 11.9 Å². The molecule has 10 nitrogen and oxygen atoms in total. The molecule has 0 unspecified atom stereocenters. The number of benzene rings is 2. The van der Waals surface area contributed by atoms with Gasteiger partial charge < -0.3 is 28.9 Å². The molecule has 2 aromatic rings. The topological polar surface area (TPSA) is 195 Å². The van der Waals surface area contributed by atoms with E-state index in [1.54, 1.807) is 48.5 Å². The third kappa shape index (κ3) is 34.4. The summed E-state index contributed by atoms with van der Waals surface area (Å²) in [5.41, 5.74) is 1.38. The molecule has 0 bridgehead atoms. The molecular weight excluding hydrogens is 556 g/mol. The smallest absolute Gasteiger partial charge is 0.744 e. The van der Waals surface area contributed by atoms with Gasteiger partial charge in [-0.2, -0.15) is 0 Å². The monoisotopic (exact) mass is 572 g/mol. The Morgan fingerprint density at radius 3 is 1.00 bits per heavy atom. The van der Waals surface area contributed by atoms with Crippen LogP contribution in [0.1, 0.15) is 11.1 Å². The number of carbonyl (C=O) groups is 2. The van der Waals surface area contributed by atoms with Crippen LogP contribution in [-0.4, -0.2) is 37.9 Å². The van der Waals surface area contributed by atoms with Crippen molar-refractivity contribution in [3.8, 4) is 0 Å². The van der Waals surface area contributed by atoms with E-state index in [-0.39, 0.29) is 118 Å². The molecule has 0 N–H and O–H groups in total. The number of carbonyl (C=O) groups excluding carboxylic acids is 2. The van der Waals surface area contributed by atoms with Crippen LogP contribution in [0.15, 0.2) is 83.6 Å². The van der Waals surface area contributed by atoms with Crippen LogP contribution in [0.2, 0.25) is 0 Å². The minimum Gasteiger partial charge on any atom is -0.744 e. The maximum absolute atomic E-state index is 10.2. The zero-order valence-corrected chi connectivity index (χ0v) is 29.8. The molecule has 0 fully saturated rings. The van der Waals surface area contributed by atoms with Gasteiger partial charge in [0, 0.05) is 10.8 Å². The van der Waals surface area contributed by atoms with Crippen LogP contribution < -0.4 is 128 Å². The third-order valence-corrected chi connectivity index (χ3v) is 3.75. The standard InChI is InChI=1S/2C8H8O3S.C4H4O4.4Na/c2*9-12(10,11)7-6-8-4-2-1-3-5-8;5-3(6)1-2-4(7)8;;;;/h2*1-7H,(H,9,10,11);1-2H,(H,5,6)(H,7,8);;;;/q;;;4*+1/p-4/b;;2-1-;;;;. The molecule has 2 aromatic carbocycles. The molecule has 0 saturated heterocycles. The fourth-order valence-corrected chi connectivity index (χ4v) is 2.24. The minimum absolute atomic E-state index is 0. The second kappa shape index (κ2) is 25.7. The fraction of sp³-hybridized carbons (Fsp3) is 0. The van der Waals surface area contributed by atoms with E-state index in [4.69, 9.17) is 0 Å². The van der Waals surface area contributed by atoms with Crippen molar-refractivity contribution in [3.05, 3.63) is 94.8 Å². The Balaban J connectivity index is -0.000000129. The van der Waals surface area contributed by atoms with Crippen molar-refractivity contribution in [1.82, 2.24) is 0 Å². The summed E-state index contributed by atoms with van der Waals surface area (Å²) >= 11 is 0. The van der Waals surface area contributed by atoms with Crippen LogP contribution in [-0.2, 0) is 29.8 Å². The maximum atomic E-state index is 10.2. The molecule has 0 amide bonds. The van der Waals surface area contributed by atoms with Crippen molar-refractivity contribution >= 4 is 44.3 Å². The zero-order chi connectivity index (χ0) is 24.6. The van der Waals surface area contributed by atoms with Crippen molar-refractivity contribution < 1.29 is 164 Å². The van der Waals surface area contributed by atoms with Crippen LogP contribution in [0.3, 0.4) is 0 Å². The molecule has 172 valence electrons. The Kier molecular flexibility index (Phi) is 33.0. The van der Waals surface area contributed by atoms with Crippen LogP contribution in [0, 0.1) is 0 Å². The third-order valence-electron chi connectivity index (χ3n) is 2.81. The van der Waals surface area contributed by atoms with Gasteiger partial charge in [-0.3, -0.25) is 0 Å². The predicted octanol–water partition coefficient (Wildman–Crippen LogP) is -12.5. The number of carboxylic acids is 2. The molecule has 16 heteroatoms. The number of hydrogen-bond acceptors (Lipinski definition) is 10. The second-order valence-corrected chi connectivity index (χ2v) is 7.90. The summed E-state index contributed by atoms with van der Waals surface area (Å²) in [5, 5.41) is 20.1. The largest absolute Gasteiger partial charge is 1.00 e. The van der Waals surface area contributed by atoms with Gasteiger partial charge in [-0.15, -0.1) is 0 Å². The van der Waals surface area contributed by atoms with Gasteiger partial charge in [-0.25, -0.2) is 16.8 Å². The molecule has 2 rings (SSSR count). The summed E-state index contributed by atoms with van der Waals surface area (Å²) in [6.45, 7) is 0. The summed E-state index contributed by atoms with van der Waals surface area (Å²) in [6.07, 6.45) is 3.30. The molecule has 0 saturated carbocycles. The van der Waals surface area contributed by atoms with Crippen LogP contribution >= 0.6 is 0 Å². The van der Waals surface area contributed by atoms with E-state index >= 15 is 0 Å². The van der Waals surface area contributed by atoms with Gasteiger partial charge in [0.1, 0.15) is 20.2 Å². The summed E-state index contributed by atoms with van der Waals surface area (Å²) in [5.74, 6) is -3.09. The van der Waals surface area contributed by atoms with Gasteiger partial charge >= 0.3 is 118 Å². The fourth-order valence-electron chi connectivity index (χ4n) is 1.59. The first kappa shape index (κ1) is 46.3. The average molecular weight is 572 g/mol. The first-order chi connectivity index (χ1) is 14.8. The Hall–Kier alpha value is 0.420. The zero-order valence-electron chi connectivity index (χ0n) is 20.1. The number of rotatable bonds is 6. The Morgan fingerprint density at radius 2 is 0.806 bits per heavy atom. The van der Waals surface area contributed by atoms with Crippen molar-refractivity contribution in [3.63, 3.8) is 0 Å². The SMILES string of the molecule is O=C([O-])/C=C\C(=O)[O-].O=S(=O)([O-])C=Cc1ccccc1.O=S(=O)([O-])C=Cc1ccccc1.[Na+].[Na+].[Na+].[Na+]. The van der Waals surface area contributed by atoms with Crippen molar-refractivity contribution in [2.45, 2.75) is 0 Å². The van der Waals surface area contributed by atoms with Gasteiger partial charge in [0.15, 0.2) is 0 Å². The molecule has 0 aliphatic carbocycles. The quantitative estimate of drug-likeness (QED) is 0.182. The first-order valence-electron chi connectivity index (χ1n) is 8.26. The molecule has 0 radical (unpaired) electrons. The summed E-state index contributed by atoms with van der Waals surface area (Å²) in [6, 6.07) is 17.5. The molecular formula is C20H16Na4O10S2. The molecule has 0 aromatic heterocycles. The minimum atomic E-state index is -4.25. The number of hydrogen-bond donors (Lipinski definition) is 0. The van der Waals surface area contributed by atoms with E-state index in [2.05, 4.69) is 0 Å². The van der Waals surface area contributed by atoms with E-state index in [1.165, 1.54) is 12.2 Å². The maximum Gasteiger partial charge on any atom is 1.00 e. The molecule has 0 atom stereocenters. The number of carboxylic acid groups (broad SMARTS) is 2. The van der Waals surface area contributed by atoms with E-state index in [0.29, 0.717) is 34.1 Å². The average Bonchev–Trinajstić information content (AvgIpc) is 2.71. The Labute approximate surface area is 298 Å². The molecule has 0 aliphatic heterocycles. The van der Waals surface area contributed by atoms with Gasteiger partial charge in [0.25, 0.3) is 0 Å². The Morgan fingerprint density at radius 1 is 0.556 bits per heavy atom. The van der Waals surface area contributed by atoms with Crippen LogP contribution in [0.5, 0.6) is 0 Å². The van der Waals surface area contributed by atoms with Crippen LogP contribution in [0.25, 0.3) is 12.2 Å². The Bertz CT molecular complexity index is 1070. The van der Waals surface area contributed by atoms with Crippen LogP contribution in [0.4, 0.5) is 0 Å². The summed E-state index contributed by atoms with van der Waals surface area (Å²) in [4.78, 5) is 18.8. The van der Waals surface area contributed by atoms with E-state index in [0.717, 1.165) is 0 Å². The van der Waals surface area contributed by atoms with Gasteiger partial charge in [-0.1, -0.05) is 60.7 Å². The van der Waals surface area contributed by atoms with E-state index in [1.807, 2.05) is 12.1 Å². The predicted molar refractivity (Wildman–Crippen MR) is 110 cm³/mol. The van der Waals surface area contributed by atoms with Crippen molar-refractivity contribution in [1.29, 1.82) is 0 Å². The van der Waals surface area contributed by atoms with E-state index < -0.39 is 32.2 Å². The van der Waals surface area contributed by atoms with Gasteiger partial charge in [-0.05, 0) is 35.4 Å². The molecule has 0 spiro atoms. The molecule has 36 heavy (non-hydrogen) atoms. The number of aliphatic carboxylic acids is 2. The first-order valence-corrected chi connectivity index (χ1v) is 11.2. The van der Waals surface area contributed by atoms with Crippen molar-refractivity contribution in [2.24, 2.45) is 0 Å². The van der Waals surface area contributed by atoms with Gasteiger partial charge in [0.2, 0.25) is 0 Å².